The molecule has 0 aromatic heterocycles. The Kier molecular flexibility index (Phi) is 5.68. The molecule has 0 aliphatic carbocycles. The number of methoxy groups -OCH3 is 1. The van der Waals surface area contributed by atoms with Crippen molar-refractivity contribution < 1.29 is 4.74 Å². The standard InChI is InChI=1S/C10H20N2O/c1-9(5-6-13-4)12-8-10(2,3)7-11/h9,12H,5-6,8H2,1-4H3. The highest BCUT2D eigenvalue weighted by molar-refractivity contribution is 4.93. The molecule has 0 aliphatic rings. The van der Waals surface area contributed by atoms with Crippen LogP contribution in [0.5, 0.6) is 0 Å². The average molecular weight is 184 g/mol. The molecule has 0 radical (unpaired) electrons. The summed E-state index contributed by atoms with van der Waals surface area (Å²) in [6, 6.07) is 2.67. The molecule has 1 unspecified atom stereocenters. The number of rotatable bonds is 6. The van der Waals surface area contributed by atoms with E-state index in [1.807, 2.05) is 13.8 Å². The molecule has 76 valence electrons. The maximum Gasteiger partial charge on any atom is 0.0697 e. The van der Waals surface area contributed by atoms with Gasteiger partial charge in [0.05, 0.1) is 11.5 Å². The van der Waals surface area contributed by atoms with E-state index in [-0.39, 0.29) is 5.41 Å². The maximum atomic E-state index is 8.77. The Balaban J connectivity index is 3.58. The molecule has 0 fully saturated rings. The van der Waals surface area contributed by atoms with Crippen molar-refractivity contribution in [3.63, 3.8) is 0 Å². The van der Waals surface area contributed by atoms with Gasteiger partial charge in [0.15, 0.2) is 0 Å². The molecule has 0 bridgehead atoms. The highest BCUT2D eigenvalue weighted by Gasteiger charge is 2.16. The van der Waals surface area contributed by atoms with Crippen molar-refractivity contribution in [2.45, 2.75) is 33.2 Å². The zero-order valence-electron chi connectivity index (χ0n) is 9.05. The average Bonchev–Trinajstić information content (AvgIpc) is 2.11. The molecule has 0 heterocycles. The van der Waals surface area contributed by atoms with Gasteiger partial charge in [-0.15, -0.1) is 0 Å². The maximum absolute atomic E-state index is 8.77. The second kappa shape index (κ2) is 5.95. The molecule has 1 N–H and O–H groups in total. The lowest BCUT2D eigenvalue weighted by molar-refractivity contribution is 0.183. The van der Waals surface area contributed by atoms with Gasteiger partial charge in [-0.25, -0.2) is 0 Å². The predicted molar refractivity (Wildman–Crippen MR) is 53.4 cm³/mol. The summed E-state index contributed by atoms with van der Waals surface area (Å²) in [6.07, 6.45) is 0.984. The Hall–Kier alpha value is -0.590. The van der Waals surface area contributed by atoms with E-state index in [9.17, 15) is 0 Å². The van der Waals surface area contributed by atoms with Crippen LogP contribution in [0.2, 0.25) is 0 Å². The Morgan fingerprint density at radius 2 is 2.15 bits per heavy atom. The highest BCUT2D eigenvalue weighted by Crippen LogP contribution is 2.11. The van der Waals surface area contributed by atoms with Crippen molar-refractivity contribution in [2.75, 3.05) is 20.3 Å². The molecule has 1 atom stereocenters. The van der Waals surface area contributed by atoms with Crippen LogP contribution in [-0.4, -0.2) is 26.3 Å². The SMILES string of the molecule is COCCC(C)NCC(C)(C)C#N. The molecular weight excluding hydrogens is 164 g/mol. The number of nitrogens with zero attached hydrogens (tertiary/aromatic N) is 1. The molecule has 0 saturated heterocycles. The summed E-state index contributed by atoms with van der Waals surface area (Å²) in [5, 5.41) is 12.1. The first-order valence-electron chi connectivity index (χ1n) is 4.65. The smallest absolute Gasteiger partial charge is 0.0697 e. The molecule has 13 heavy (non-hydrogen) atoms. The molecule has 0 rings (SSSR count). The summed E-state index contributed by atoms with van der Waals surface area (Å²) in [5.41, 5.74) is -0.276. The van der Waals surface area contributed by atoms with E-state index in [2.05, 4.69) is 18.3 Å². The number of nitriles is 1. The van der Waals surface area contributed by atoms with Gasteiger partial charge in [0.2, 0.25) is 0 Å². The minimum Gasteiger partial charge on any atom is -0.385 e. The Morgan fingerprint density at radius 1 is 1.54 bits per heavy atom. The third kappa shape index (κ3) is 6.56. The van der Waals surface area contributed by atoms with Crippen LogP contribution in [0.1, 0.15) is 27.2 Å². The van der Waals surface area contributed by atoms with Gasteiger partial charge in [-0.3, -0.25) is 0 Å². The van der Waals surface area contributed by atoms with Crippen LogP contribution in [0.3, 0.4) is 0 Å². The second-order valence-electron chi connectivity index (χ2n) is 4.06. The van der Waals surface area contributed by atoms with Gasteiger partial charge in [0.25, 0.3) is 0 Å². The van der Waals surface area contributed by atoms with Crippen LogP contribution in [0, 0.1) is 16.7 Å². The van der Waals surface area contributed by atoms with Crippen LogP contribution in [0.25, 0.3) is 0 Å². The number of nitrogens with one attached hydrogen (secondary N) is 1. The normalized spacial score (nSPS) is 13.8. The molecular formula is C10H20N2O. The second-order valence-corrected chi connectivity index (χ2v) is 4.06. The fraction of sp³-hybridized carbons (Fsp3) is 0.900. The Morgan fingerprint density at radius 3 is 2.62 bits per heavy atom. The lowest BCUT2D eigenvalue weighted by Crippen LogP contribution is -2.35. The van der Waals surface area contributed by atoms with Gasteiger partial charge in [-0.05, 0) is 27.2 Å². The summed E-state index contributed by atoms with van der Waals surface area (Å²) < 4.78 is 4.97. The minimum absolute atomic E-state index is 0.276. The molecule has 0 spiro atoms. The van der Waals surface area contributed by atoms with Crippen molar-refractivity contribution in [3.05, 3.63) is 0 Å². The molecule has 0 saturated carbocycles. The minimum atomic E-state index is -0.276. The van der Waals surface area contributed by atoms with Gasteiger partial charge in [0, 0.05) is 26.3 Å². The van der Waals surface area contributed by atoms with E-state index in [0.717, 1.165) is 19.6 Å². The number of hydrogen-bond donors (Lipinski definition) is 1. The van der Waals surface area contributed by atoms with E-state index in [4.69, 9.17) is 10.00 Å². The topological polar surface area (TPSA) is 45.0 Å². The Labute approximate surface area is 81.1 Å². The van der Waals surface area contributed by atoms with Crippen LogP contribution in [0.4, 0.5) is 0 Å². The van der Waals surface area contributed by atoms with Gasteiger partial charge in [-0.2, -0.15) is 5.26 Å². The van der Waals surface area contributed by atoms with Crippen LogP contribution in [-0.2, 0) is 4.74 Å². The molecule has 3 heteroatoms. The van der Waals surface area contributed by atoms with E-state index in [1.165, 1.54) is 0 Å². The quantitative estimate of drug-likeness (QED) is 0.681. The molecule has 0 aromatic carbocycles. The van der Waals surface area contributed by atoms with Crippen LogP contribution < -0.4 is 5.32 Å². The summed E-state index contributed by atoms with van der Waals surface area (Å²) in [5.74, 6) is 0. The zero-order valence-corrected chi connectivity index (χ0v) is 9.05. The van der Waals surface area contributed by atoms with Crippen molar-refractivity contribution in [3.8, 4) is 6.07 Å². The summed E-state index contributed by atoms with van der Waals surface area (Å²) in [7, 11) is 1.70. The van der Waals surface area contributed by atoms with Gasteiger partial charge in [-0.1, -0.05) is 0 Å². The first kappa shape index (κ1) is 12.4. The summed E-state index contributed by atoms with van der Waals surface area (Å²) in [6.45, 7) is 7.47. The first-order chi connectivity index (χ1) is 6.02. The first-order valence-corrected chi connectivity index (χ1v) is 4.65. The largest absolute Gasteiger partial charge is 0.385 e. The lowest BCUT2D eigenvalue weighted by atomic mass is 9.95. The lowest BCUT2D eigenvalue weighted by Gasteiger charge is -2.20. The van der Waals surface area contributed by atoms with Crippen LogP contribution >= 0.6 is 0 Å². The predicted octanol–water partition coefficient (Wildman–Crippen LogP) is 1.55. The number of ether oxygens (including phenoxy) is 1. The zero-order chi connectivity index (χ0) is 10.3. The van der Waals surface area contributed by atoms with E-state index >= 15 is 0 Å². The van der Waals surface area contributed by atoms with Crippen LogP contribution in [0.15, 0.2) is 0 Å². The van der Waals surface area contributed by atoms with Crippen molar-refractivity contribution in [2.24, 2.45) is 5.41 Å². The third-order valence-electron chi connectivity index (χ3n) is 1.95. The van der Waals surface area contributed by atoms with E-state index < -0.39 is 0 Å². The molecule has 0 aromatic rings. The van der Waals surface area contributed by atoms with Crippen molar-refractivity contribution in [1.82, 2.24) is 5.32 Å². The number of hydrogen-bond acceptors (Lipinski definition) is 3. The fourth-order valence-corrected chi connectivity index (χ4v) is 0.866. The van der Waals surface area contributed by atoms with Crippen molar-refractivity contribution in [1.29, 1.82) is 5.26 Å². The molecule has 3 nitrogen and oxygen atoms in total. The van der Waals surface area contributed by atoms with E-state index in [1.54, 1.807) is 7.11 Å². The third-order valence-corrected chi connectivity index (χ3v) is 1.95. The highest BCUT2D eigenvalue weighted by atomic mass is 16.5. The van der Waals surface area contributed by atoms with Gasteiger partial charge < -0.3 is 10.1 Å². The van der Waals surface area contributed by atoms with E-state index in [0.29, 0.717) is 6.04 Å². The van der Waals surface area contributed by atoms with Gasteiger partial charge in [0.1, 0.15) is 0 Å². The fourth-order valence-electron chi connectivity index (χ4n) is 0.866. The van der Waals surface area contributed by atoms with Crippen molar-refractivity contribution >= 4 is 0 Å². The molecule has 0 aliphatic heterocycles. The summed E-state index contributed by atoms with van der Waals surface area (Å²) in [4.78, 5) is 0. The molecule has 0 amide bonds. The summed E-state index contributed by atoms with van der Waals surface area (Å²) >= 11 is 0. The van der Waals surface area contributed by atoms with Gasteiger partial charge >= 0.3 is 0 Å². The monoisotopic (exact) mass is 184 g/mol. The Bertz CT molecular complexity index is 172.